The van der Waals surface area contributed by atoms with Crippen LogP contribution in [-0.4, -0.2) is 23.2 Å². The molecule has 76 valence electrons. The summed E-state index contributed by atoms with van der Waals surface area (Å²) in [5.74, 6) is 1.01. The molecule has 0 radical (unpaired) electrons. The average molecular weight is 260 g/mol. The van der Waals surface area contributed by atoms with Gasteiger partial charge in [-0.1, -0.05) is 0 Å². The van der Waals surface area contributed by atoms with Gasteiger partial charge in [-0.25, -0.2) is 0 Å². The van der Waals surface area contributed by atoms with E-state index in [1.165, 1.54) is 7.11 Å². The molecule has 1 saturated carbocycles. The van der Waals surface area contributed by atoms with Crippen molar-refractivity contribution in [3.63, 3.8) is 0 Å². The van der Waals surface area contributed by atoms with Gasteiger partial charge >= 0.3 is 0 Å². The third kappa shape index (κ3) is 1.89. The van der Waals surface area contributed by atoms with Gasteiger partial charge in [0, 0.05) is 0 Å². The summed E-state index contributed by atoms with van der Waals surface area (Å²) in [6.07, 6.45) is 2.41. The molecule has 0 amide bonds. The van der Waals surface area contributed by atoms with Gasteiger partial charge in [0.15, 0.2) is 0 Å². The summed E-state index contributed by atoms with van der Waals surface area (Å²) in [6, 6.07) is 0. The molecule has 1 fully saturated rings. The van der Waals surface area contributed by atoms with Gasteiger partial charge < -0.3 is 15.2 Å². The molecule has 1 aromatic heterocycles. The first-order valence-electron chi connectivity index (χ1n) is 4.24. The third-order valence-electron chi connectivity index (χ3n) is 1.80. The Labute approximate surface area is 89.8 Å². The highest BCUT2D eigenvalue weighted by Crippen LogP contribution is 2.35. The molecule has 0 saturated heterocycles. The van der Waals surface area contributed by atoms with E-state index in [-0.39, 0.29) is 12.1 Å². The number of aromatic nitrogens is 2. The normalized spacial score (nSPS) is 15.3. The Balaban J connectivity index is 2.31. The van der Waals surface area contributed by atoms with Crippen molar-refractivity contribution in [2.75, 3.05) is 12.8 Å². The lowest BCUT2D eigenvalue weighted by molar-refractivity contribution is 0.284. The minimum Gasteiger partial charge on any atom is -0.480 e. The van der Waals surface area contributed by atoms with Crippen LogP contribution in [0.5, 0.6) is 11.8 Å². The zero-order chi connectivity index (χ0) is 10.1. The average Bonchev–Trinajstić information content (AvgIpc) is 2.94. The van der Waals surface area contributed by atoms with Crippen LogP contribution in [0.4, 0.5) is 5.95 Å². The standard InChI is InChI=1S/C8H10BrN3O2/c1-13-6-5(9)7(12-8(10)11-6)14-4-2-3-4/h4H,2-3H2,1H3,(H2,10,11,12). The van der Waals surface area contributed by atoms with E-state index in [2.05, 4.69) is 25.9 Å². The van der Waals surface area contributed by atoms with Gasteiger partial charge in [0.1, 0.15) is 10.6 Å². The van der Waals surface area contributed by atoms with E-state index in [1.54, 1.807) is 0 Å². The SMILES string of the molecule is COc1nc(N)nc(OC2CC2)c1Br. The zero-order valence-corrected chi connectivity index (χ0v) is 9.24. The van der Waals surface area contributed by atoms with E-state index >= 15 is 0 Å². The van der Waals surface area contributed by atoms with E-state index in [1.807, 2.05) is 0 Å². The van der Waals surface area contributed by atoms with E-state index in [0.717, 1.165) is 12.8 Å². The Hall–Kier alpha value is -1.04. The second-order valence-electron chi connectivity index (χ2n) is 3.03. The number of rotatable bonds is 3. The van der Waals surface area contributed by atoms with Crippen LogP contribution in [0.3, 0.4) is 0 Å². The van der Waals surface area contributed by atoms with Crippen molar-refractivity contribution >= 4 is 21.9 Å². The number of nitrogen functional groups attached to an aromatic ring is 1. The topological polar surface area (TPSA) is 70.3 Å². The van der Waals surface area contributed by atoms with Gasteiger partial charge in [0.2, 0.25) is 17.7 Å². The molecule has 0 spiro atoms. The van der Waals surface area contributed by atoms with Crippen molar-refractivity contribution in [3.05, 3.63) is 4.47 Å². The van der Waals surface area contributed by atoms with Gasteiger partial charge in [-0.2, -0.15) is 9.97 Å². The fraction of sp³-hybridized carbons (Fsp3) is 0.500. The molecule has 6 heteroatoms. The molecule has 5 nitrogen and oxygen atoms in total. The molecule has 2 rings (SSSR count). The minimum atomic E-state index is 0.153. The fourth-order valence-electron chi connectivity index (χ4n) is 0.980. The van der Waals surface area contributed by atoms with Crippen molar-refractivity contribution in [2.24, 2.45) is 0 Å². The van der Waals surface area contributed by atoms with Gasteiger partial charge in [-0.15, -0.1) is 0 Å². The highest BCUT2D eigenvalue weighted by molar-refractivity contribution is 9.10. The predicted molar refractivity (Wildman–Crippen MR) is 54.3 cm³/mol. The molecule has 1 heterocycles. The van der Waals surface area contributed by atoms with Crippen LogP contribution in [0, 0.1) is 0 Å². The first kappa shape index (κ1) is 9.51. The van der Waals surface area contributed by atoms with Crippen LogP contribution in [0.1, 0.15) is 12.8 Å². The van der Waals surface area contributed by atoms with Crippen molar-refractivity contribution in [1.29, 1.82) is 0 Å². The molecular weight excluding hydrogens is 250 g/mol. The summed E-state index contributed by atoms with van der Waals surface area (Å²) in [5.41, 5.74) is 5.50. The Morgan fingerprint density at radius 2 is 2.00 bits per heavy atom. The summed E-state index contributed by atoms with van der Waals surface area (Å²) in [7, 11) is 1.52. The van der Waals surface area contributed by atoms with E-state index < -0.39 is 0 Å². The maximum atomic E-state index is 5.52. The molecular formula is C8H10BrN3O2. The Bertz CT molecular complexity index is 355. The summed E-state index contributed by atoms with van der Waals surface area (Å²) in [5, 5.41) is 0. The number of anilines is 1. The third-order valence-corrected chi connectivity index (χ3v) is 2.48. The molecule has 0 atom stereocenters. The Morgan fingerprint density at radius 1 is 1.36 bits per heavy atom. The quantitative estimate of drug-likeness (QED) is 0.888. The van der Waals surface area contributed by atoms with E-state index in [9.17, 15) is 0 Å². The van der Waals surface area contributed by atoms with Crippen LogP contribution >= 0.6 is 15.9 Å². The highest BCUT2D eigenvalue weighted by Gasteiger charge is 2.26. The molecule has 1 aliphatic rings. The summed E-state index contributed by atoms with van der Waals surface area (Å²) >= 11 is 3.30. The van der Waals surface area contributed by atoms with Crippen LogP contribution in [0.2, 0.25) is 0 Å². The van der Waals surface area contributed by atoms with E-state index in [0.29, 0.717) is 16.2 Å². The highest BCUT2D eigenvalue weighted by atomic mass is 79.9. The number of hydrogen-bond donors (Lipinski definition) is 1. The molecule has 2 N–H and O–H groups in total. The molecule has 1 aromatic rings. The van der Waals surface area contributed by atoms with Crippen molar-refractivity contribution in [1.82, 2.24) is 9.97 Å². The number of methoxy groups -OCH3 is 1. The number of ether oxygens (including phenoxy) is 2. The first-order valence-corrected chi connectivity index (χ1v) is 5.03. The molecule has 0 unspecified atom stereocenters. The largest absolute Gasteiger partial charge is 0.480 e. The van der Waals surface area contributed by atoms with Crippen molar-refractivity contribution < 1.29 is 9.47 Å². The molecule has 0 aromatic carbocycles. The van der Waals surface area contributed by atoms with Gasteiger partial charge in [-0.3, -0.25) is 0 Å². The number of hydrogen-bond acceptors (Lipinski definition) is 5. The lowest BCUT2D eigenvalue weighted by Gasteiger charge is -2.08. The maximum Gasteiger partial charge on any atom is 0.237 e. The van der Waals surface area contributed by atoms with Crippen LogP contribution in [-0.2, 0) is 0 Å². The molecule has 14 heavy (non-hydrogen) atoms. The van der Waals surface area contributed by atoms with Crippen LogP contribution in [0.15, 0.2) is 4.47 Å². The summed E-state index contributed by atoms with van der Waals surface area (Å²) < 4.78 is 11.1. The lowest BCUT2D eigenvalue weighted by Crippen LogP contribution is -2.05. The lowest BCUT2D eigenvalue weighted by atomic mass is 10.6. The Kier molecular flexibility index (Phi) is 2.45. The van der Waals surface area contributed by atoms with Gasteiger partial charge in [0.05, 0.1) is 7.11 Å². The van der Waals surface area contributed by atoms with Gasteiger partial charge in [-0.05, 0) is 28.8 Å². The van der Waals surface area contributed by atoms with Crippen molar-refractivity contribution in [3.8, 4) is 11.8 Å². The summed E-state index contributed by atoms with van der Waals surface area (Å²) in [4.78, 5) is 7.88. The predicted octanol–water partition coefficient (Wildman–Crippen LogP) is 1.37. The second kappa shape index (κ2) is 3.61. The molecule has 0 bridgehead atoms. The van der Waals surface area contributed by atoms with Crippen LogP contribution < -0.4 is 15.2 Å². The number of halogens is 1. The minimum absolute atomic E-state index is 0.153. The van der Waals surface area contributed by atoms with Crippen LogP contribution in [0.25, 0.3) is 0 Å². The Morgan fingerprint density at radius 3 is 2.57 bits per heavy atom. The monoisotopic (exact) mass is 259 g/mol. The zero-order valence-electron chi connectivity index (χ0n) is 7.66. The van der Waals surface area contributed by atoms with E-state index in [4.69, 9.17) is 15.2 Å². The first-order chi connectivity index (χ1) is 6.70. The maximum absolute atomic E-state index is 5.52. The number of nitrogens with zero attached hydrogens (tertiary/aromatic N) is 2. The second-order valence-corrected chi connectivity index (χ2v) is 3.82. The van der Waals surface area contributed by atoms with Gasteiger partial charge in [0.25, 0.3) is 0 Å². The summed E-state index contributed by atoms with van der Waals surface area (Å²) in [6.45, 7) is 0. The fourth-order valence-corrected chi connectivity index (χ4v) is 1.41. The number of nitrogens with two attached hydrogens (primary N) is 1. The molecule has 1 aliphatic carbocycles. The van der Waals surface area contributed by atoms with Crippen molar-refractivity contribution in [2.45, 2.75) is 18.9 Å². The smallest absolute Gasteiger partial charge is 0.237 e. The molecule has 0 aliphatic heterocycles.